The average Bonchev–Trinajstić information content (AvgIpc) is 2.56. The van der Waals surface area contributed by atoms with E-state index in [1.165, 1.54) is 0 Å². The lowest BCUT2D eigenvalue weighted by atomic mass is 10.0. The van der Waals surface area contributed by atoms with Gasteiger partial charge in [0.25, 0.3) is 0 Å². The second-order valence-electron chi connectivity index (χ2n) is 6.25. The number of thiol groups is 1. The van der Waals surface area contributed by atoms with Crippen molar-refractivity contribution >= 4 is 42.3 Å². The number of hydrogen-bond donors (Lipinski definition) is 7. The van der Waals surface area contributed by atoms with Gasteiger partial charge in [-0.1, -0.05) is 13.8 Å². The van der Waals surface area contributed by atoms with Crippen LogP contribution in [-0.2, 0) is 24.0 Å². The summed E-state index contributed by atoms with van der Waals surface area (Å²) in [6, 6.07) is -3.59. The molecule has 0 fully saturated rings. The second-order valence-corrected chi connectivity index (χ2v) is 6.62. The zero-order valence-electron chi connectivity index (χ0n) is 15.1. The molecule has 0 aliphatic rings. The highest BCUT2D eigenvalue weighted by Crippen LogP contribution is 2.04. The van der Waals surface area contributed by atoms with Crippen molar-refractivity contribution < 1.29 is 34.2 Å². The van der Waals surface area contributed by atoms with Gasteiger partial charge in [0.1, 0.15) is 12.1 Å². The van der Waals surface area contributed by atoms with Crippen molar-refractivity contribution in [2.75, 3.05) is 12.3 Å². The Kier molecular flexibility index (Phi) is 11.1. The molecule has 0 bridgehead atoms. The summed E-state index contributed by atoms with van der Waals surface area (Å²) in [5.41, 5.74) is 5.45. The summed E-state index contributed by atoms with van der Waals surface area (Å²) in [5, 5.41) is 24.5. The van der Waals surface area contributed by atoms with E-state index in [9.17, 15) is 24.0 Å². The highest BCUT2D eigenvalue weighted by Gasteiger charge is 2.27. The van der Waals surface area contributed by atoms with E-state index in [0.29, 0.717) is 0 Å². The van der Waals surface area contributed by atoms with E-state index >= 15 is 0 Å². The third-order valence-electron chi connectivity index (χ3n) is 3.31. The van der Waals surface area contributed by atoms with E-state index in [-0.39, 0.29) is 18.1 Å². The van der Waals surface area contributed by atoms with Gasteiger partial charge in [0.15, 0.2) is 0 Å². The van der Waals surface area contributed by atoms with Crippen LogP contribution in [0.15, 0.2) is 0 Å². The molecule has 0 aliphatic heterocycles. The number of hydrogen-bond acceptors (Lipinski definition) is 7. The van der Waals surface area contributed by atoms with Gasteiger partial charge in [0.05, 0.1) is 19.0 Å². The Morgan fingerprint density at radius 2 is 1.59 bits per heavy atom. The van der Waals surface area contributed by atoms with Crippen LogP contribution in [-0.4, -0.2) is 70.3 Å². The van der Waals surface area contributed by atoms with Gasteiger partial charge in [-0.3, -0.25) is 19.2 Å². The fraction of sp³-hybridized carbons (Fsp3) is 0.667. The van der Waals surface area contributed by atoms with Crippen LogP contribution in [0.5, 0.6) is 0 Å². The number of aliphatic carboxylic acids is 2. The minimum Gasteiger partial charge on any atom is -0.481 e. The molecule has 0 heterocycles. The summed E-state index contributed by atoms with van der Waals surface area (Å²) in [4.78, 5) is 57.6. The molecule has 0 aromatic heterocycles. The molecule has 0 aromatic carbocycles. The third-order valence-corrected chi connectivity index (χ3v) is 3.70. The Morgan fingerprint density at radius 3 is 2.04 bits per heavy atom. The van der Waals surface area contributed by atoms with E-state index < -0.39 is 60.8 Å². The van der Waals surface area contributed by atoms with E-state index in [1.807, 2.05) is 0 Å². The lowest BCUT2D eigenvalue weighted by Gasteiger charge is -2.19. The SMILES string of the molecule is CC(C)CC(NC(=O)CNC(=O)C(CC(=O)O)NC(=O)C(N)CS)C(=O)O. The lowest BCUT2D eigenvalue weighted by molar-refractivity contribution is -0.143. The standard InChI is InChI=1S/C15H26N4O7S/c1-7(2)3-10(15(25)26)18-11(20)5-17-14(24)9(4-12(21)22)19-13(23)8(16)6-27/h7-10,27H,3-6,16H2,1-2H3,(H,17,24)(H,18,20)(H,19,23)(H,21,22)(H,25,26). The van der Waals surface area contributed by atoms with Crippen LogP contribution in [0.3, 0.4) is 0 Å². The first-order valence-electron chi connectivity index (χ1n) is 8.16. The molecule has 0 radical (unpaired) electrons. The summed E-state index contributed by atoms with van der Waals surface area (Å²) < 4.78 is 0. The van der Waals surface area contributed by atoms with Gasteiger partial charge in [0, 0.05) is 5.75 Å². The Balaban J connectivity index is 4.78. The van der Waals surface area contributed by atoms with Crippen LogP contribution in [0.4, 0.5) is 0 Å². The Morgan fingerprint density at radius 1 is 1.00 bits per heavy atom. The van der Waals surface area contributed by atoms with Crippen molar-refractivity contribution in [2.24, 2.45) is 11.7 Å². The van der Waals surface area contributed by atoms with Gasteiger partial charge in [-0.05, 0) is 12.3 Å². The summed E-state index contributed by atoms with van der Waals surface area (Å²) in [6.45, 7) is 3.00. The van der Waals surface area contributed by atoms with Crippen LogP contribution in [0.2, 0.25) is 0 Å². The fourth-order valence-electron chi connectivity index (χ4n) is 1.97. The molecule has 27 heavy (non-hydrogen) atoms. The van der Waals surface area contributed by atoms with Crippen LogP contribution in [0, 0.1) is 5.92 Å². The lowest BCUT2D eigenvalue weighted by Crippen LogP contribution is -2.54. The van der Waals surface area contributed by atoms with Crippen molar-refractivity contribution in [1.82, 2.24) is 16.0 Å². The molecule has 12 heteroatoms. The molecule has 7 N–H and O–H groups in total. The molecule has 3 unspecified atom stereocenters. The molecule has 0 saturated heterocycles. The van der Waals surface area contributed by atoms with E-state index in [4.69, 9.17) is 15.9 Å². The van der Waals surface area contributed by atoms with Crippen LogP contribution in [0.25, 0.3) is 0 Å². The zero-order chi connectivity index (χ0) is 21.1. The number of rotatable bonds is 12. The van der Waals surface area contributed by atoms with Crippen LogP contribution < -0.4 is 21.7 Å². The molecular formula is C15H26N4O7S. The highest BCUT2D eigenvalue weighted by molar-refractivity contribution is 7.80. The van der Waals surface area contributed by atoms with Crippen molar-refractivity contribution in [3.8, 4) is 0 Å². The first-order valence-corrected chi connectivity index (χ1v) is 8.79. The van der Waals surface area contributed by atoms with Crippen molar-refractivity contribution in [3.63, 3.8) is 0 Å². The van der Waals surface area contributed by atoms with Crippen molar-refractivity contribution in [1.29, 1.82) is 0 Å². The van der Waals surface area contributed by atoms with Gasteiger partial charge in [-0.2, -0.15) is 12.6 Å². The predicted molar refractivity (Wildman–Crippen MR) is 98.0 cm³/mol. The van der Waals surface area contributed by atoms with Gasteiger partial charge in [-0.15, -0.1) is 0 Å². The Hall–Kier alpha value is -2.34. The third kappa shape index (κ3) is 10.4. The normalized spacial score (nSPS) is 14.0. The monoisotopic (exact) mass is 406 g/mol. The molecule has 0 rings (SSSR count). The number of carboxylic acid groups (broad SMARTS) is 2. The summed E-state index contributed by atoms with van der Waals surface area (Å²) in [7, 11) is 0. The van der Waals surface area contributed by atoms with Gasteiger partial charge in [-0.25, -0.2) is 4.79 Å². The highest BCUT2D eigenvalue weighted by atomic mass is 32.1. The topological polar surface area (TPSA) is 188 Å². The van der Waals surface area contributed by atoms with Crippen LogP contribution in [0.1, 0.15) is 26.7 Å². The van der Waals surface area contributed by atoms with Gasteiger partial charge in [0.2, 0.25) is 17.7 Å². The van der Waals surface area contributed by atoms with Gasteiger partial charge < -0.3 is 31.9 Å². The summed E-state index contributed by atoms with van der Waals surface area (Å²) in [6.07, 6.45) is -0.516. The number of carbonyl (C=O) groups excluding carboxylic acids is 3. The first-order chi connectivity index (χ1) is 12.5. The minimum atomic E-state index is -1.44. The molecular weight excluding hydrogens is 380 g/mol. The zero-order valence-corrected chi connectivity index (χ0v) is 16.0. The predicted octanol–water partition coefficient (Wildman–Crippen LogP) is -2.07. The van der Waals surface area contributed by atoms with Crippen molar-refractivity contribution in [2.45, 2.75) is 44.8 Å². The average molecular weight is 406 g/mol. The van der Waals surface area contributed by atoms with Gasteiger partial charge >= 0.3 is 11.9 Å². The molecule has 3 atom stereocenters. The van der Waals surface area contributed by atoms with Crippen LogP contribution >= 0.6 is 12.6 Å². The fourth-order valence-corrected chi connectivity index (χ4v) is 2.14. The van der Waals surface area contributed by atoms with Crippen molar-refractivity contribution in [3.05, 3.63) is 0 Å². The smallest absolute Gasteiger partial charge is 0.326 e. The van der Waals surface area contributed by atoms with E-state index in [2.05, 4.69) is 28.6 Å². The molecule has 0 spiro atoms. The molecule has 11 nitrogen and oxygen atoms in total. The maximum Gasteiger partial charge on any atom is 0.326 e. The largest absolute Gasteiger partial charge is 0.481 e. The second kappa shape index (κ2) is 12.1. The number of nitrogens with two attached hydrogens (primary N) is 1. The quantitative estimate of drug-likeness (QED) is 0.180. The molecule has 3 amide bonds. The number of carbonyl (C=O) groups is 5. The summed E-state index contributed by atoms with van der Waals surface area (Å²) in [5.74, 6) is -4.98. The molecule has 0 saturated carbocycles. The molecule has 0 aliphatic carbocycles. The number of carboxylic acids is 2. The Labute approximate surface area is 161 Å². The number of amides is 3. The summed E-state index contributed by atoms with van der Waals surface area (Å²) >= 11 is 3.84. The first kappa shape index (κ1) is 24.7. The maximum atomic E-state index is 12.1. The minimum absolute atomic E-state index is 0.0118. The Bertz CT molecular complexity index is 570. The molecule has 0 aromatic rings. The molecule has 154 valence electrons. The number of nitrogens with one attached hydrogen (secondary N) is 3. The van der Waals surface area contributed by atoms with E-state index in [0.717, 1.165) is 0 Å². The maximum absolute atomic E-state index is 12.1. The van der Waals surface area contributed by atoms with E-state index in [1.54, 1.807) is 13.8 Å².